The van der Waals surface area contributed by atoms with Gasteiger partial charge >= 0.3 is 0 Å². The van der Waals surface area contributed by atoms with Crippen LogP contribution in [0.2, 0.25) is 0 Å². The lowest BCUT2D eigenvalue weighted by atomic mass is 9.75. The van der Waals surface area contributed by atoms with Gasteiger partial charge in [-0.25, -0.2) is 0 Å². The van der Waals surface area contributed by atoms with E-state index in [4.69, 9.17) is 10.5 Å². The van der Waals surface area contributed by atoms with Crippen LogP contribution in [-0.4, -0.2) is 43.3 Å². The van der Waals surface area contributed by atoms with Crippen molar-refractivity contribution < 1.29 is 4.74 Å². The molecule has 3 nitrogen and oxygen atoms in total. The lowest BCUT2D eigenvalue weighted by molar-refractivity contribution is 0.0380. The van der Waals surface area contributed by atoms with Crippen LogP contribution in [0.4, 0.5) is 0 Å². The highest BCUT2D eigenvalue weighted by Crippen LogP contribution is 2.38. The number of hydrogen-bond acceptors (Lipinski definition) is 3. The van der Waals surface area contributed by atoms with E-state index in [-0.39, 0.29) is 5.54 Å². The first-order valence-corrected chi connectivity index (χ1v) is 6.68. The highest BCUT2D eigenvalue weighted by Gasteiger charge is 2.42. The molecule has 0 aromatic carbocycles. The van der Waals surface area contributed by atoms with Crippen molar-refractivity contribution in [3.63, 3.8) is 0 Å². The van der Waals surface area contributed by atoms with Crippen molar-refractivity contribution >= 4 is 0 Å². The number of likely N-dealkylation sites (tertiary alicyclic amines) is 1. The lowest BCUT2D eigenvalue weighted by Crippen LogP contribution is -2.55. The van der Waals surface area contributed by atoms with E-state index in [1.165, 1.54) is 38.6 Å². The molecule has 0 spiro atoms. The first-order chi connectivity index (χ1) is 7.70. The van der Waals surface area contributed by atoms with E-state index in [1.54, 1.807) is 0 Å². The standard InChI is InChI=1S/C13H26N2O/c1-11-4-3-6-13(8-11,10-14)15-7-5-12(9-15)16-2/h11-12H,3-10,14H2,1-2H3. The molecule has 3 unspecified atom stereocenters. The fourth-order valence-electron chi connectivity index (χ4n) is 3.59. The summed E-state index contributed by atoms with van der Waals surface area (Å²) in [6.45, 7) is 5.43. The zero-order chi connectivity index (χ0) is 11.6. The minimum Gasteiger partial charge on any atom is -0.380 e. The summed E-state index contributed by atoms with van der Waals surface area (Å²) >= 11 is 0. The van der Waals surface area contributed by atoms with E-state index < -0.39 is 0 Å². The molecule has 1 aliphatic carbocycles. The molecule has 0 aromatic rings. The van der Waals surface area contributed by atoms with Gasteiger partial charge in [-0.2, -0.15) is 0 Å². The Morgan fingerprint density at radius 2 is 2.25 bits per heavy atom. The molecule has 2 N–H and O–H groups in total. The van der Waals surface area contributed by atoms with Gasteiger partial charge in [-0.05, 0) is 25.2 Å². The average Bonchev–Trinajstić information content (AvgIpc) is 2.78. The van der Waals surface area contributed by atoms with Gasteiger partial charge in [0.25, 0.3) is 0 Å². The summed E-state index contributed by atoms with van der Waals surface area (Å²) in [7, 11) is 1.83. The van der Waals surface area contributed by atoms with Crippen molar-refractivity contribution in [1.82, 2.24) is 4.90 Å². The third kappa shape index (κ3) is 2.27. The largest absolute Gasteiger partial charge is 0.380 e. The number of hydrogen-bond donors (Lipinski definition) is 1. The van der Waals surface area contributed by atoms with Crippen LogP contribution in [0.1, 0.15) is 39.0 Å². The van der Waals surface area contributed by atoms with E-state index in [0.29, 0.717) is 6.10 Å². The van der Waals surface area contributed by atoms with Gasteiger partial charge in [0.2, 0.25) is 0 Å². The first kappa shape index (κ1) is 12.3. The third-order valence-corrected chi connectivity index (χ3v) is 4.60. The molecule has 1 saturated carbocycles. The molecule has 2 fully saturated rings. The van der Waals surface area contributed by atoms with Gasteiger partial charge in [0.05, 0.1) is 6.10 Å². The van der Waals surface area contributed by atoms with E-state index in [2.05, 4.69) is 11.8 Å². The topological polar surface area (TPSA) is 38.5 Å². The maximum absolute atomic E-state index is 6.08. The van der Waals surface area contributed by atoms with Crippen molar-refractivity contribution in [3.05, 3.63) is 0 Å². The molecule has 1 saturated heterocycles. The van der Waals surface area contributed by atoms with Crippen molar-refractivity contribution in [3.8, 4) is 0 Å². The fraction of sp³-hybridized carbons (Fsp3) is 1.00. The zero-order valence-electron chi connectivity index (χ0n) is 10.7. The van der Waals surface area contributed by atoms with Crippen LogP contribution in [0.3, 0.4) is 0 Å². The van der Waals surface area contributed by atoms with Crippen LogP contribution in [0.5, 0.6) is 0 Å². The summed E-state index contributed by atoms with van der Waals surface area (Å²) in [6.07, 6.45) is 6.88. The Kier molecular flexibility index (Phi) is 3.88. The maximum atomic E-state index is 6.08. The van der Waals surface area contributed by atoms with Crippen LogP contribution >= 0.6 is 0 Å². The minimum absolute atomic E-state index is 0.283. The summed E-state index contributed by atoms with van der Waals surface area (Å²) in [6, 6.07) is 0. The number of rotatable bonds is 3. The predicted molar refractivity (Wildman–Crippen MR) is 66.4 cm³/mol. The summed E-state index contributed by atoms with van der Waals surface area (Å²) < 4.78 is 5.47. The molecule has 2 rings (SSSR count). The Hall–Kier alpha value is -0.120. The Morgan fingerprint density at radius 3 is 2.81 bits per heavy atom. The molecule has 3 heteroatoms. The van der Waals surface area contributed by atoms with Gasteiger partial charge in [0.15, 0.2) is 0 Å². The number of nitrogens with two attached hydrogens (primary N) is 1. The van der Waals surface area contributed by atoms with Crippen LogP contribution in [0.15, 0.2) is 0 Å². The van der Waals surface area contributed by atoms with Gasteiger partial charge in [0, 0.05) is 32.3 Å². The second-order valence-electron chi connectivity index (χ2n) is 5.72. The predicted octanol–water partition coefficient (Wildman–Crippen LogP) is 1.61. The molecule has 3 atom stereocenters. The Bertz CT molecular complexity index is 234. The number of methoxy groups -OCH3 is 1. The fourth-order valence-corrected chi connectivity index (χ4v) is 3.59. The average molecular weight is 226 g/mol. The molecule has 94 valence electrons. The molecule has 0 aromatic heterocycles. The van der Waals surface area contributed by atoms with Gasteiger partial charge in [0.1, 0.15) is 0 Å². The molecule has 2 aliphatic rings. The van der Waals surface area contributed by atoms with Gasteiger partial charge in [-0.3, -0.25) is 4.90 Å². The van der Waals surface area contributed by atoms with Crippen molar-refractivity contribution in [2.75, 3.05) is 26.7 Å². The van der Waals surface area contributed by atoms with E-state index in [0.717, 1.165) is 19.0 Å². The molecule has 16 heavy (non-hydrogen) atoms. The Balaban J connectivity index is 2.03. The summed E-state index contributed by atoms with van der Waals surface area (Å²) in [5.41, 5.74) is 6.37. The molecular weight excluding hydrogens is 200 g/mol. The van der Waals surface area contributed by atoms with E-state index >= 15 is 0 Å². The summed E-state index contributed by atoms with van der Waals surface area (Å²) in [5, 5.41) is 0. The lowest BCUT2D eigenvalue weighted by Gasteiger charge is -2.46. The van der Waals surface area contributed by atoms with Gasteiger partial charge in [-0.1, -0.05) is 19.8 Å². The van der Waals surface area contributed by atoms with Crippen LogP contribution in [0.25, 0.3) is 0 Å². The van der Waals surface area contributed by atoms with E-state index in [1.807, 2.05) is 7.11 Å². The molecule has 0 radical (unpaired) electrons. The van der Waals surface area contributed by atoms with Gasteiger partial charge < -0.3 is 10.5 Å². The number of ether oxygens (including phenoxy) is 1. The first-order valence-electron chi connectivity index (χ1n) is 6.68. The maximum Gasteiger partial charge on any atom is 0.0710 e. The van der Waals surface area contributed by atoms with Crippen LogP contribution < -0.4 is 5.73 Å². The number of nitrogens with zero attached hydrogens (tertiary/aromatic N) is 1. The smallest absolute Gasteiger partial charge is 0.0710 e. The van der Waals surface area contributed by atoms with Crippen LogP contribution in [0, 0.1) is 5.92 Å². The van der Waals surface area contributed by atoms with Gasteiger partial charge in [-0.15, -0.1) is 0 Å². The highest BCUT2D eigenvalue weighted by molar-refractivity contribution is 4.98. The molecule has 0 amide bonds. The quantitative estimate of drug-likeness (QED) is 0.794. The molecule has 1 heterocycles. The molecule has 0 bridgehead atoms. The molecule has 1 aliphatic heterocycles. The highest BCUT2D eigenvalue weighted by atomic mass is 16.5. The van der Waals surface area contributed by atoms with E-state index in [9.17, 15) is 0 Å². The second-order valence-corrected chi connectivity index (χ2v) is 5.72. The molecular formula is C13H26N2O. The summed E-state index contributed by atoms with van der Waals surface area (Å²) in [5.74, 6) is 0.832. The normalized spacial score (nSPS) is 41.4. The zero-order valence-corrected chi connectivity index (χ0v) is 10.7. The SMILES string of the molecule is COC1CCN(C2(CN)CCCC(C)C2)C1. The van der Waals surface area contributed by atoms with Crippen LogP contribution in [-0.2, 0) is 4.74 Å². The summed E-state index contributed by atoms with van der Waals surface area (Å²) in [4.78, 5) is 2.61. The minimum atomic E-state index is 0.283. The second kappa shape index (κ2) is 5.03. The monoisotopic (exact) mass is 226 g/mol. The Morgan fingerprint density at radius 1 is 1.44 bits per heavy atom. The van der Waals surface area contributed by atoms with Crippen molar-refractivity contribution in [2.45, 2.75) is 50.7 Å². The third-order valence-electron chi connectivity index (χ3n) is 4.60. The Labute approximate surface area is 99.3 Å². The van der Waals surface area contributed by atoms with Crippen molar-refractivity contribution in [1.29, 1.82) is 0 Å². The van der Waals surface area contributed by atoms with Crippen molar-refractivity contribution in [2.24, 2.45) is 11.7 Å².